The van der Waals surface area contributed by atoms with Crippen LogP contribution in [0.3, 0.4) is 0 Å². The van der Waals surface area contributed by atoms with Crippen LogP contribution in [-0.2, 0) is 0 Å². The van der Waals surface area contributed by atoms with Gasteiger partial charge in [0.05, 0.1) is 11.9 Å². The van der Waals surface area contributed by atoms with Crippen LogP contribution < -0.4 is 15.1 Å². The third-order valence-electron chi connectivity index (χ3n) is 4.97. The van der Waals surface area contributed by atoms with E-state index in [2.05, 4.69) is 56.3 Å². The Kier molecular flexibility index (Phi) is 5.06. The molecule has 28 heavy (non-hydrogen) atoms. The number of nitrogens with zero attached hydrogens (tertiary/aromatic N) is 5. The Balaban J connectivity index is 1.44. The summed E-state index contributed by atoms with van der Waals surface area (Å²) in [4.78, 5) is 8.84. The van der Waals surface area contributed by atoms with Crippen molar-refractivity contribution < 1.29 is 4.39 Å². The smallest absolute Gasteiger partial charge is 0.249 e. The minimum Gasteiger partial charge on any atom is -0.366 e. The molecule has 2 aromatic carbocycles. The first-order valence-corrected chi connectivity index (χ1v) is 9.38. The number of nitrogens with one attached hydrogen (secondary N) is 1. The summed E-state index contributed by atoms with van der Waals surface area (Å²) in [5.41, 5.74) is 3.96. The zero-order valence-corrected chi connectivity index (χ0v) is 16.1. The van der Waals surface area contributed by atoms with Gasteiger partial charge in [-0.05, 0) is 37.6 Å². The maximum Gasteiger partial charge on any atom is 0.249 e. The molecule has 0 saturated carbocycles. The van der Waals surface area contributed by atoms with E-state index >= 15 is 0 Å². The number of hydrogen-bond donors (Lipinski definition) is 1. The SMILES string of the molecule is Cc1ccc(Nc2nncc(N3CCN(c4ccccc4F)CC3)n2)c(C)c1. The molecule has 0 bridgehead atoms. The molecule has 0 aliphatic carbocycles. The molecule has 6 nitrogen and oxygen atoms in total. The van der Waals surface area contributed by atoms with Crippen LogP contribution in [0.25, 0.3) is 0 Å². The molecule has 1 aromatic heterocycles. The van der Waals surface area contributed by atoms with E-state index in [-0.39, 0.29) is 5.82 Å². The monoisotopic (exact) mass is 378 g/mol. The zero-order valence-electron chi connectivity index (χ0n) is 16.1. The van der Waals surface area contributed by atoms with Crippen LogP contribution in [-0.4, -0.2) is 41.4 Å². The lowest BCUT2D eigenvalue weighted by Crippen LogP contribution is -2.47. The van der Waals surface area contributed by atoms with E-state index in [0.29, 0.717) is 11.6 Å². The van der Waals surface area contributed by atoms with Crippen LogP contribution in [0.5, 0.6) is 0 Å². The molecule has 1 N–H and O–H groups in total. The number of halogens is 1. The van der Waals surface area contributed by atoms with E-state index in [1.165, 1.54) is 11.6 Å². The molecule has 0 spiro atoms. The average molecular weight is 378 g/mol. The molecule has 2 heterocycles. The zero-order chi connectivity index (χ0) is 19.5. The van der Waals surface area contributed by atoms with Crippen LogP contribution in [0, 0.1) is 19.7 Å². The van der Waals surface area contributed by atoms with E-state index in [9.17, 15) is 4.39 Å². The Morgan fingerprint density at radius 1 is 0.964 bits per heavy atom. The second kappa shape index (κ2) is 7.80. The first-order valence-electron chi connectivity index (χ1n) is 9.38. The highest BCUT2D eigenvalue weighted by Gasteiger charge is 2.21. The van der Waals surface area contributed by atoms with Gasteiger partial charge in [0.1, 0.15) is 5.82 Å². The predicted molar refractivity (Wildman–Crippen MR) is 110 cm³/mol. The summed E-state index contributed by atoms with van der Waals surface area (Å²) in [5, 5.41) is 11.5. The molecule has 1 saturated heterocycles. The fraction of sp³-hybridized carbons (Fsp3) is 0.286. The molecule has 1 aliphatic heterocycles. The Bertz CT molecular complexity index is 969. The third kappa shape index (κ3) is 3.88. The first kappa shape index (κ1) is 18.2. The van der Waals surface area contributed by atoms with Crippen molar-refractivity contribution in [1.82, 2.24) is 15.2 Å². The fourth-order valence-corrected chi connectivity index (χ4v) is 3.46. The van der Waals surface area contributed by atoms with Gasteiger partial charge in [0.25, 0.3) is 0 Å². The Hall–Kier alpha value is -3.22. The highest BCUT2D eigenvalue weighted by molar-refractivity contribution is 5.59. The van der Waals surface area contributed by atoms with Gasteiger partial charge < -0.3 is 15.1 Å². The van der Waals surface area contributed by atoms with E-state index in [1.54, 1.807) is 12.3 Å². The molecule has 4 rings (SSSR count). The lowest BCUT2D eigenvalue weighted by atomic mass is 10.1. The standard InChI is InChI=1S/C21H23FN6/c1-15-7-8-18(16(2)13-15)24-21-25-20(14-23-26-21)28-11-9-27(10-12-28)19-6-4-3-5-17(19)22/h3-8,13-14H,9-12H2,1-2H3,(H,24,25,26). The number of benzene rings is 2. The molecule has 0 amide bonds. The molecule has 1 fully saturated rings. The van der Waals surface area contributed by atoms with Crippen molar-refractivity contribution in [3.63, 3.8) is 0 Å². The van der Waals surface area contributed by atoms with Gasteiger partial charge in [-0.2, -0.15) is 10.1 Å². The van der Waals surface area contributed by atoms with Gasteiger partial charge in [-0.25, -0.2) is 4.39 Å². The molecular weight excluding hydrogens is 355 g/mol. The Morgan fingerprint density at radius 2 is 1.71 bits per heavy atom. The van der Waals surface area contributed by atoms with Gasteiger partial charge in [0.2, 0.25) is 5.95 Å². The highest BCUT2D eigenvalue weighted by atomic mass is 19.1. The van der Waals surface area contributed by atoms with Crippen molar-refractivity contribution in [3.8, 4) is 0 Å². The lowest BCUT2D eigenvalue weighted by Gasteiger charge is -2.36. The Labute approximate surface area is 164 Å². The normalized spacial score (nSPS) is 14.2. The van der Waals surface area contributed by atoms with Crippen LogP contribution in [0.2, 0.25) is 0 Å². The van der Waals surface area contributed by atoms with Crippen molar-refractivity contribution in [2.75, 3.05) is 41.3 Å². The number of anilines is 4. The van der Waals surface area contributed by atoms with Crippen LogP contribution in [0.15, 0.2) is 48.7 Å². The van der Waals surface area contributed by atoms with Gasteiger partial charge >= 0.3 is 0 Å². The molecule has 7 heteroatoms. The predicted octanol–water partition coefficient (Wildman–Crippen LogP) is 3.70. The topological polar surface area (TPSA) is 57.2 Å². The lowest BCUT2D eigenvalue weighted by molar-refractivity contribution is 0.595. The molecule has 1 aliphatic rings. The molecule has 0 unspecified atom stereocenters. The van der Waals surface area contributed by atoms with Crippen molar-refractivity contribution in [3.05, 3.63) is 65.6 Å². The molecule has 0 radical (unpaired) electrons. The number of para-hydroxylation sites is 1. The molecule has 144 valence electrons. The fourth-order valence-electron chi connectivity index (χ4n) is 3.46. The summed E-state index contributed by atoms with van der Waals surface area (Å²) in [6.07, 6.45) is 1.67. The average Bonchev–Trinajstić information content (AvgIpc) is 2.71. The van der Waals surface area contributed by atoms with Gasteiger partial charge in [0.15, 0.2) is 5.82 Å². The molecular formula is C21H23FN6. The summed E-state index contributed by atoms with van der Waals surface area (Å²) in [7, 11) is 0. The summed E-state index contributed by atoms with van der Waals surface area (Å²) in [5.74, 6) is 1.07. The highest BCUT2D eigenvalue weighted by Crippen LogP contribution is 2.23. The number of aromatic nitrogens is 3. The summed E-state index contributed by atoms with van der Waals surface area (Å²) in [6.45, 7) is 7.06. The van der Waals surface area contributed by atoms with Crippen molar-refractivity contribution >= 4 is 23.1 Å². The second-order valence-corrected chi connectivity index (χ2v) is 7.01. The van der Waals surface area contributed by atoms with Crippen molar-refractivity contribution in [1.29, 1.82) is 0 Å². The minimum absolute atomic E-state index is 0.181. The van der Waals surface area contributed by atoms with Crippen LogP contribution in [0.4, 0.5) is 27.5 Å². The van der Waals surface area contributed by atoms with Gasteiger partial charge in [-0.1, -0.05) is 29.8 Å². The second-order valence-electron chi connectivity index (χ2n) is 7.01. The van der Waals surface area contributed by atoms with E-state index in [4.69, 9.17) is 0 Å². The van der Waals surface area contributed by atoms with E-state index in [0.717, 1.165) is 43.2 Å². The van der Waals surface area contributed by atoms with Gasteiger partial charge in [-0.15, -0.1) is 5.10 Å². The summed E-state index contributed by atoms with van der Waals surface area (Å²) >= 11 is 0. The van der Waals surface area contributed by atoms with E-state index < -0.39 is 0 Å². The van der Waals surface area contributed by atoms with Gasteiger partial charge in [-0.3, -0.25) is 0 Å². The number of piperazine rings is 1. The maximum absolute atomic E-state index is 14.0. The number of aryl methyl sites for hydroxylation is 2. The quantitative estimate of drug-likeness (QED) is 0.747. The van der Waals surface area contributed by atoms with E-state index in [1.807, 2.05) is 18.2 Å². The largest absolute Gasteiger partial charge is 0.366 e. The van der Waals surface area contributed by atoms with Crippen molar-refractivity contribution in [2.24, 2.45) is 0 Å². The Morgan fingerprint density at radius 3 is 2.46 bits per heavy atom. The molecule has 0 atom stereocenters. The number of hydrogen-bond acceptors (Lipinski definition) is 6. The van der Waals surface area contributed by atoms with Gasteiger partial charge in [0, 0.05) is 31.9 Å². The minimum atomic E-state index is -0.181. The first-order chi connectivity index (χ1) is 13.6. The van der Waals surface area contributed by atoms with Crippen LogP contribution in [0.1, 0.15) is 11.1 Å². The maximum atomic E-state index is 14.0. The van der Waals surface area contributed by atoms with Crippen molar-refractivity contribution in [2.45, 2.75) is 13.8 Å². The third-order valence-corrected chi connectivity index (χ3v) is 4.97. The summed E-state index contributed by atoms with van der Waals surface area (Å²) < 4.78 is 14.0. The van der Waals surface area contributed by atoms with Crippen LogP contribution >= 0.6 is 0 Å². The summed E-state index contributed by atoms with van der Waals surface area (Å²) in [6, 6.07) is 13.1. The number of rotatable bonds is 4. The molecule has 3 aromatic rings.